The number of hydrogen-bond donors (Lipinski definition) is 1. The molecule has 0 heterocycles. The number of benzene rings is 1. The van der Waals surface area contributed by atoms with Crippen LogP contribution < -0.4 is 5.73 Å². The Balaban J connectivity index is 2.52. The Bertz CT molecular complexity index is 361. The second kappa shape index (κ2) is 6.16. The van der Waals surface area contributed by atoms with Gasteiger partial charge in [0.25, 0.3) is 0 Å². The van der Waals surface area contributed by atoms with E-state index in [9.17, 15) is 4.79 Å². The van der Waals surface area contributed by atoms with Crippen molar-refractivity contribution in [3.63, 3.8) is 0 Å². The number of aryl methyl sites for hydroxylation is 1. The van der Waals surface area contributed by atoms with Crippen molar-refractivity contribution in [2.75, 3.05) is 12.3 Å². The van der Waals surface area contributed by atoms with Gasteiger partial charge in [0, 0.05) is 5.69 Å². The van der Waals surface area contributed by atoms with Gasteiger partial charge < -0.3 is 10.5 Å². The summed E-state index contributed by atoms with van der Waals surface area (Å²) in [5, 5.41) is 0. The largest absolute Gasteiger partial charge is 0.465 e. The average Bonchev–Trinajstić information content (AvgIpc) is 2.24. The van der Waals surface area contributed by atoms with Gasteiger partial charge >= 0.3 is 5.97 Å². The van der Waals surface area contributed by atoms with E-state index in [1.165, 1.54) is 0 Å². The summed E-state index contributed by atoms with van der Waals surface area (Å²) in [5.74, 6) is -0.203. The van der Waals surface area contributed by atoms with Gasteiger partial charge in [-0.05, 0) is 25.0 Å². The third-order valence-electron chi connectivity index (χ3n) is 2.39. The molecule has 0 fully saturated rings. The molecule has 0 aromatic heterocycles. The van der Waals surface area contributed by atoms with E-state index in [1.54, 1.807) is 0 Å². The first-order chi connectivity index (χ1) is 7.63. The number of unbranched alkanes of at least 4 members (excludes halogenated alkanes) is 1. The first-order valence-corrected chi connectivity index (χ1v) is 5.64. The summed E-state index contributed by atoms with van der Waals surface area (Å²) < 4.78 is 5.09. The zero-order valence-electron chi connectivity index (χ0n) is 9.95. The van der Waals surface area contributed by atoms with Crippen LogP contribution in [0.25, 0.3) is 0 Å². The van der Waals surface area contributed by atoms with Gasteiger partial charge in [-0.1, -0.05) is 31.0 Å². The van der Waals surface area contributed by atoms with E-state index in [-0.39, 0.29) is 12.4 Å². The van der Waals surface area contributed by atoms with E-state index in [0.29, 0.717) is 12.3 Å². The van der Waals surface area contributed by atoms with Crippen molar-refractivity contribution < 1.29 is 9.53 Å². The molecule has 88 valence electrons. The summed E-state index contributed by atoms with van der Waals surface area (Å²) in [7, 11) is 0. The lowest BCUT2D eigenvalue weighted by Gasteiger charge is -2.07. The van der Waals surface area contributed by atoms with Crippen LogP contribution >= 0.6 is 0 Å². The number of esters is 1. The summed E-state index contributed by atoms with van der Waals surface area (Å²) in [5.41, 5.74) is 8.39. The third-order valence-corrected chi connectivity index (χ3v) is 2.39. The maximum atomic E-state index is 11.5. The first kappa shape index (κ1) is 12.6. The van der Waals surface area contributed by atoms with Gasteiger partial charge in [0.15, 0.2) is 0 Å². The minimum absolute atomic E-state index is 0.203. The number of carbonyl (C=O) groups excluding carboxylic acids is 1. The van der Waals surface area contributed by atoms with Crippen LogP contribution in [0, 0.1) is 6.92 Å². The molecule has 2 N–H and O–H groups in total. The third kappa shape index (κ3) is 3.93. The highest BCUT2D eigenvalue weighted by molar-refractivity contribution is 5.75. The van der Waals surface area contributed by atoms with Crippen molar-refractivity contribution in [3.05, 3.63) is 29.3 Å². The van der Waals surface area contributed by atoms with E-state index >= 15 is 0 Å². The molecule has 1 aromatic rings. The highest BCUT2D eigenvalue weighted by Crippen LogP contribution is 2.14. The second-order valence-corrected chi connectivity index (χ2v) is 3.95. The molecular formula is C13H19NO2. The Morgan fingerprint density at radius 3 is 2.88 bits per heavy atom. The average molecular weight is 221 g/mol. The minimum Gasteiger partial charge on any atom is -0.465 e. The minimum atomic E-state index is -0.203. The van der Waals surface area contributed by atoms with Crippen molar-refractivity contribution in [1.29, 1.82) is 0 Å². The van der Waals surface area contributed by atoms with Crippen LogP contribution in [0.1, 0.15) is 30.9 Å². The molecule has 0 amide bonds. The summed E-state index contributed by atoms with van der Waals surface area (Å²) in [6.07, 6.45) is 2.20. The van der Waals surface area contributed by atoms with Crippen LogP contribution in [0.5, 0.6) is 0 Å². The van der Waals surface area contributed by atoms with E-state index < -0.39 is 0 Å². The van der Waals surface area contributed by atoms with Crippen LogP contribution in [0.3, 0.4) is 0 Å². The van der Waals surface area contributed by atoms with Gasteiger partial charge in [-0.2, -0.15) is 0 Å². The van der Waals surface area contributed by atoms with Crippen molar-refractivity contribution in [3.8, 4) is 0 Å². The van der Waals surface area contributed by atoms with Crippen molar-refractivity contribution >= 4 is 11.7 Å². The number of rotatable bonds is 5. The second-order valence-electron chi connectivity index (χ2n) is 3.95. The van der Waals surface area contributed by atoms with Crippen molar-refractivity contribution in [1.82, 2.24) is 0 Å². The van der Waals surface area contributed by atoms with Crippen LogP contribution in [-0.4, -0.2) is 12.6 Å². The molecule has 1 rings (SSSR count). The number of hydrogen-bond acceptors (Lipinski definition) is 3. The van der Waals surface area contributed by atoms with Gasteiger partial charge in [-0.3, -0.25) is 4.79 Å². The number of ether oxygens (including phenoxy) is 1. The molecule has 0 atom stereocenters. The fraction of sp³-hybridized carbons (Fsp3) is 0.462. The Morgan fingerprint density at radius 2 is 2.19 bits per heavy atom. The van der Waals surface area contributed by atoms with Gasteiger partial charge in [0.05, 0.1) is 13.0 Å². The highest BCUT2D eigenvalue weighted by Gasteiger charge is 2.07. The summed E-state index contributed by atoms with van der Waals surface area (Å²) in [6.45, 7) is 4.54. The molecule has 0 saturated heterocycles. The lowest BCUT2D eigenvalue weighted by molar-refractivity contribution is -0.142. The van der Waals surface area contributed by atoms with Crippen LogP contribution in [0.2, 0.25) is 0 Å². The molecule has 0 bridgehead atoms. The fourth-order valence-corrected chi connectivity index (χ4v) is 1.42. The Kier molecular flexibility index (Phi) is 4.83. The SMILES string of the molecule is CCCCOC(=O)Cc1cc(C)ccc1N. The Morgan fingerprint density at radius 1 is 1.44 bits per heavy atom. The van der Waals surface area contributed by atoms with Gasteiger partial charge in [-0.15, -0.1) is 0 Å². The number of nitrogen functional groups attached to an aromatic ring is 1. The highest BCUT2D eigenvalue weighted by atomic mass is 16.5. The Labute approximate surface area is 96.6 Å². The van der Waals surface area contributed by atoms with Crippen molar-refractivity contribution in [2.24, 2.45) is 0 Å². The lowest BCUT2D eigenvalue weighted by atomic mass is 10.1. The zero-order chi connectivity index (χ0) is 12.0. The van der Waals surface area contributed by atoms with E-state index in [4.69, 9.17) is 10.5 Å². The number of nitrogens with two attached hydrogens (primary N) is 1. The maximum absolute atomic E-state index is 11.5. The molecule has 16 heavy (non-hydrogen) atoms. The van der Waals surface area contributed by atoms with Gasteiger partial charge in [-0.25, -0.2) is 0 Å². The topological polar surface area (TPSA) is 52.3 Å². The monoisotopic (exact) mass is 221 g/mol. The first-order valence-electron chi connectivity index (χ1n) is 5.64. The summed E-state index contributed by atoms with van der Waals surface area (Å²) in [4.78, 5) is 11.5. The lowest BCUT2D eigenvalue weighted by Crippen LogP contribution is -2.10. The molecule has 3 heteroatoms. The fourth-order valence-electron chi connectivity index (χ4n) is 1.42. The number of anilines is 1. The molecule has 0 aliphatic heterocycles. The quantitative estimate of drug-likeness (QED) is 0.472. The van der Waals surface area contributed by atoms with Gasteiger partial charge in [0.1, 0.15) is 0 Å². The van der Waals surface area contributed by atoms with E-state index in [0.717, 1.165) is 24.0 Å². The molecule has 0 unspecified atom stereocenters. The molecule has 0 aliphatic carbocycles. The molecule has 0 aliphatic rings. The van der Waals surface area contributed by atoms with E-state index in [2.05, 4.69) is 6.92 Å². The van der Waals surface area contributed by atoms with Crippen LogP contribution in [0.4, 0.5) is 5.69 Å². The van der Waals surface area contributed by atoms with Crippen LogP contribution in [-0.2, 0) is 16.0 Å². The normalized spacial score (nSPS) is 10.1. The summed E-state index contributed by atoms with van der Waals surface area (Å²) in [6, 6.07) is 5.68. The smallest absolute Gasteiger partial charge is 0.310 e. The molecule has 1 aromatic carbocycles. The molecular weight excluding hydrogens is 202 g/mol. The summed E-state index contributed by atoms with van der Waals surface area (Å²) >= 11 is 0. The number of carbonyl (C=O) groups is 1. The molecule has 0 spiro atoms. The predicted molar refractivity (Wildman–Crippen MR) is 65.2 cm³/mol. The maximum Gasteiger partial charge on any atom is 0.310 e. The zero-order valence-corrected chi connectivity index (χ0v) is 9.95. The molecule has 3 nitrogen and oxygen atoms in total. The Hall–Kier alpha value is -1.51. The van der Waals surface area contributed by atoms with Gasteiger partial charge in [0.2, 0.25) is 0 Å². The molecule has 0 radical (unpaired) electrons. The van der Waals surface area contributed by atoms with E-state index in [1.807, 2.05) is 25.1 Å². The van der Waals surface area contributed by atoms with Crippen LogP contribution in [0.15, 0.2) is 18.2 Å². The molecule has 0 saturated carbocycles. The standard InChI is InChI=1S/C13H19NO2/c1-3-4-7-16-13(15)9-11-8-10(2)5-6-12(11)14/h5-6,8H,3-4,7,9,14H2,1-2H3. The van der Waals surface area contributed by atoms with Crippen molar-refractivity contribution in [2.45, 2.75) is 33.1 Å². The predicted octanol–water partition coefficient (Wildman–Crippen LogP) is 2.46.